The van der Waals surface area contributed by atoms with E-state index in [2.05, 4.69) is 6.58 Å². The molecule has 0 saturated carbocycles. The largest absolute Gasteiger partial charge is 0.426 e. The Morgan fingerprint density at radius 3 is 2.38 bits per heavy atom. The fourth-order valence-corrected chi connectivity index (χ4v) is 2.93. The van der Waals surface area contributed by atoms with Crippen LogP contribution >= 0.6 is 11.6 Å². The molecule has 0 spiro atoms. The molecule has 0 aliphatic heterocycles. The van der Waals surface area contributed by atoms with Crippen LogP contribution in [-0.2, 0) is 16.1 Å². The Labute approximate surface area is 159 Å². The van der Waals surface area contributed by atoms with E-state index in [9.17, 15) is 9.59 Å². The second kappa shape index (κ2) is 9.20. The number of rotatable bonds is 7. The average Bonchev–Trinajstić information content (AvgIpc) is 2.59. The fraction of sp³-hybridized carbons (Fsp3) is 0.238. The van der Waals surface area contributed by atoms with Gasteiger partial charge in [-0.15, -0.1) is 6.58 Å². The molecule has 0 aliphatic carbocycles. The van der Waals surface area contributed by atoms with Gasteiger partial charge in [0, 0.05) is 31.0 Å². The smallest absolute Gasteiger partial charge is 0.308 e. The van der Waals surface area contributed by atoms with Crippen molar-refractivity contribution >= 4 is 23.5 Å². The number of nitrogens with zero attached hydrogens (tertiary/aromatic N) is 1. The van der Waals surface area contributed by atoms with Crippen LogP contribution < -0.4 is 4.74 Å². The average molecular weight is 372 g/mol. The Hall–Kier alpha value is -2.59. The lowest BCUT2D eigenvalue weighted by Gasteiger charge is -2.31. The minimum atomic E-state index is -0.396. The molecule has 2 aromatic carbocycles. The van der Waals surface area contributed by atoms with Gasteiger partial charge in [-0.3, -0.25) is 9.59 Å². The highest BCUT2D eigenvalue weighted by molar-refractivity contribution is 6.30. The third-order valence-corrected chi connectivity index (χ3v) is 4.24. The van der Waals surface area contributed by atoms with Gasteiger partial charge in [-0.05, 0) is 30.2 Å². The van der Waals surface area contributed by atoms with Crippen molar-refractivity contribution in [2.24, 2.45) is 0 Å². The molecule has 0 aliphatic rings. The lowest BCUT2D eigenvalue weighted by molar-refractivity contribution is -0.132. The van der Waals surface area contributed by atoms with Crippen molar-refractivity contribution in [3.05, 3.63) is 77.3 Å². The second-order valence-electron chi connectivity index (χ2n) is 5.94. The van der Waals surface area contributed by atoms with Gasteiger partial charge in [-0.25, -0.2) is 0 Å². The first-order chi connectivity index (χ1) is 12.4. The quantitative estimate of drug-likeness (QED) is 0.394. The van der Waals surface area contributed by atoms with E-state index in [4.69, 9.17) is 16.3 Å². The predicted octanol–water partition coefficient (Wildman–Crippen LogP) is 4.93. The molecule has 2 aromatic rings. The van der Waals surface area contributed by atoms with Gasteiger partial charge in [0.15, 0.2) is 0 Å². The molecular formula is C21H22ClNO3. The van der Waals surface area contributed by atoms with E-state index in [1.165, 1.54) is 13.8 Å². The van der Waals surface area contributed by atoms with Crippen molar-refractivity contribution in [3.63, 3.8) is 0 Å². The molecule has 0 N–H and O–H groups in total. The Balaban J connectivity index is 2.37. The van der Waals surface area contributed by atoms with Crippen LogP contribution in [0.1, 0.15) is 37.4 Å². The number of halogens is 1. The van der Waals surface area contributed by atoms with E-state index in [-0.39, 0.29) is 11.9 Å². The summed E-state index contributed by atoms with van der Waals surface area (Å²) in [4.78, 5) is 25.5. The zero-order valence-corrected chi connectivity index (χ0v) is 15.7. The summed E-state index contributed by atoms with van der Waals surface area (Å²) in [6, 6.07) is 14.4. The molecule has 4 nitrogen and oxygen atoms in total. The van der Waals surface area contributed by atoms with Gasteiger partial charge < -0.3 is 9.64 Å². The number of carbonyl (C=O) groups is 2. The predicted molar refractivity (Wildman–Crippen MR) is 103 cm³/mol. The number of amides is 1. The highest BCUT2D eigenvalue weighted by Gasteiger charge is 2.23. The number of carbonyl (C=O) groups excluding carboxylic acids is 2. The van der Waals surface area contributed by atoms with Crippen LogP contribution in [0.25, 0.3) is 0 Å². The molecule has 0 aromatic heterocycles. The van der Waals surface area contributed by atoms with Crippen LogP contribution in [0.2, 0.25) is 5.02 Å². The van der Waals surface area contributed by atoms with E-state index in [0.29, 0.717) is 23.7 Å². The van der Waals surface area contributed by atoms with Crippen molar-refractivity contribution in [2.45, 2.75) is 32.9 Å². The molecule has 1 atom stereocenters. The lowest BCUT2D eigenvalue weighted by Crippen LogP contribution is -2.32. The SMILES string of the molecule is C=CC[C@@H](c1ccc(Cl)cc1)N(Cc1ccccc1OC(C)=O)C(C)=O. The van der Waals surface area contributed by atoms with Gasteiger partial charge in [0.1, 0.15) is 5.75 Å². The molecule has 2 rings (SSSR count). The second-order valence-corrected chi connectivity index (χ2v) is 6.38. The zero-order valence-electron chi connectivity index (χ0n) is 14.9. The first-order valence-corrected chi connectivity index (χ1v) is 8.70. The van der Waals surface area contributed by atoms with Crippen molar-refractivity contribution in [2.75, 3.05) is 0 Å². The molecule has 0 unspecified atom stereocenters. The van der Waals surface area contributed by atoms with E-state index in [1.54, 1.807) is 35.2 Å². The van der Waals surface area contributed by atoms with Crippen molar-refractivity contribution in [3.8, 4) is 5.75 Å². The van der Waals surface area contributed by atoms with E-state index >= 15 is 0 Å². The van der Waals surface area contributed by atoms with Crippen LogP contribution in [0.15, 0.2) is 61.2 Å². The highest BCUT2D eigenvalue weighted by Crippen LogP contribution is 2.30. The topological polar surface area (TPSA) is 46.6 Å². The van der Waals surface area contributed by atoms with E-state index in [1.807, 2.05) is 24.3 Å². The zero-order chi connectivity index (χ0) is 19.1. The van der Waals surface area contributed by atoms with Crippen molar-refractivity contribution < 1.29 is 14.3 Å². The van der Waals surface area contributed by atoms with Gasteiger partial charge >= 0.3 is 5.97 Å². The standard InChI is InChI=1S/C21H22ClNO3/c1-4-7-20(17-10-12-19(22)13-11-17)23(15(2)24)14-18-8-5-6-9-21(18)26-16(3)25/h4-6,8-13,20H,1,7,14H2,2-3H3/t20-/m0/s1. The van der Waals surface area contributed by atoms with Crippen LogP contribution in [0.4, 0.5) is 0 Å². The van der Waals surface area contributed by atoms with Crippen LogP contribution in [0.3, 0.4) is 0 Å². The maximum Gasteiger partial charge on any atom is 0.308 e. The Bertz CT molecular complexity index is 786. The number of ether oxygens (including phenoxy) is 1. The number of para-hydroxylation sites is 1. The summed E-state index contributed by atoms with van der Waals surface area (Å²) >= 11 is 5.99. The highest BCUT2D eigenvalue weighted by atomic mass is 35.5. The van der Waals surface area contributed by atoms with E-state index < -0.39 is 5.97 Å². The molecule has 136 valence electrons. The van der Waals surface area contributed by atoms with Gasteiger partial charge in [-0.1, -0.05) is 48.0 Å². The minimum Gasteiger partial charge on any atom is -0.426 e. The van der Waals surface area contributed by atoms with Gasteiger partial charge in [0.2, 0.25) is 5.91 Å². The summed E-state index contributed by atoms with van der Waals surface area (Å²) in [5.41, 5.74) is 1.73. The van der Waals surface area contributed by atoms with Gasteiger partial charge in [0.05, 0.1) is 6.04 Å². The number of hydrogen-bond donors (Lipinski definition) is 0. The first-order valence-electron chi connectivity index (χ1n) is 8.32. The van der Waals surface area contributed by atoms with Crippen LogP contribution in [-0.4, -0.2) is 16.8 Å². The maximum atomic E-state index is 12.4. The summed E-state index contributed by atoms with van der Waals surface area (Å²) < 4.78 is 5.27. The van der Waals surface area contributed by atoms with E-state index in [0.717, 1.165) is 11.1 Å². The fourth-order valence-electron chi connectivity index (χ4n) is 2.80. The number of benzene rings is 2. The summed E-state index contributed by atoms with van der Waals surface area (Å²) in [7, 11) is 0. The molecule has 0 radical (unpaired) electrons. The third-order valence-electron chi connectivity index (χ3n) is 3.99. The Kier molecular flexibility index (Phi) is 6.98. The maximum absolute atomic E-state index is 12.4. The molecule has 5 heteroatoms. The lowest BCUT2D eigenvalue weighted by atomic mass is 10.0. The molecule has 1 amide bonds. The van der Waals surface area contributed by atoms with Gasteiger partial charge in [0.25, 0.3) is 0 Å². The van der Waals surface area contributed by atoms with Crippen LogP contribution in [0.5, 0.6) is 5.75 Å². The molecule has 0 saturated heterocycles. The molecule has 0 fully saturated rings. The molecule has 0 heterocycles. The Morgan fingerprint density at radius 1 is 1.15 bits per heavy atom. The molecule has 26 heavy (non-hydrogen) atoms. The van der Waals surface area contributed by atoms with Crippen molar-refractivity contribution in [1.82, 2.24) is 4.90 Å². The monoisotopic (exact) mass is 371 g/mol. The normalized spacial score (nSPS) is 11.5. The molecular weight excluding hydrogens is 350 g/mol. The van der Waals surface area contributed by atoms with Crippen LogP contribution in [0, 0.1) is 0 Å². The summed E-state index contributed by atoms with van der Waals surface area (Å²) in [6.45, 7) is 7.02. The summed E-state index contributed by atoms with van der Waals surface area (Å²) in [6.07, 6.45) is 2.38. The molecule has 0 bridgehead atoms. The van der Waals surface area contributed by atoms with Gasteiger partial charge in [-0.2, -0.15) is 0 Å². The van der Waals surface area contributed by atoms with Crippen molar-refractivity contribution in [1.29, 1.82) is 0 Å². The first kappa shape index (κ1) is 19.7. The minimum absolute atomic E-state index is 0.0792. The third kappa shape index (κ3) is 5.20. The number of esters is 1. The summed E-state index contributed by atoms with van der Waals surface area (Å²) in [5, 5.41) is 0.640. The Morgan fingerprint density at radius 2 is 1.81 bits per heavy atom. The number of hydrogen-bond acceptors (Lipinski definition) is 3. The summed E-state index contributed by atoms with van der Waals surface area (Å²) in [5.74, 6) is -0.0173.